The molecule has 8 nitrogen and oxygen atoms in total. The second-order valence-electron chi connectivity index (χ2n) is 6.79. The summed E-state index contributed by atoms with van der Waals surface area (Å²) in [6.45, 7) is 1.82. The summed E-state index contributed by atoms with van der Waals surface area (Å²) in [4.78, 5) is 16.5. The Balaban J connectivity index is 1.43. The van der Waals surface area contributed by atoms with Crippen molar-refractivity contribution in [3.63, 3.8) is 0 Å². The van der Waals surface area contributed by atoms with E-state index in [2.05, 4.69) is 15.0 Å². The van der Waals surface area contributed by atoms with Gasteiger partial charge in [-0.3, -0.25) is 9.52 Å². The predicted molar refractivity (Wildman–Crippen MR) is 122 cm³/mol. The van der Waals surface area contributed by atoms with E-state index in [4.69, 9.17) is 20.4 Å². The Kier molecular flexibility index (Phi) is 6.45. The number of benzene rings is 2. The standard InChI is InChI=1S/C21H18ClN3O5S2/c1-13(18-7-4-10-29-18)23-20(26)12-31-21-24-17-11-14(8-9-19(17)30-21)32(27,28)25-16-6-3-2-5-15(16)22/h2-11,13,25H,12H2,1H3,(H,23,26). The Morgan fingerprint density at radius 3 is 2.75 bits per heavy atom. The molecule has 0 saturated carbocycles. The number of amides is 1. The Hall–Kier alpha value is -2.95. The number of oxazole rings is 1. The predicted octanol–water partition coefficient (Wildman–Crippen LogP) is 4.84. The van der Waals surface area contributed by atoms with Crippen LogP contribution in [0, 0.1) is 0 Å². The van der Waals surface area contributed by atoms with Gasteiger partial charge >= 0.3 is 0 Å². The van der Waals surface area contributed by atoms with Crippen molar-refractivity contribution in [2.75, 3.05) is 10.5 Å². The Morgan fingerprint density at radius 1 is 1.19 bits per heavy atom. The highest BCUT2D eigenvalue weighted by Gasteiger charge is 2.19. The van der Waals surface area contributed by atoms with Gasteiger partial charge in [-0.25, -0.2) is 13.4 Å². The third kappa shape index (κ3) is 5.09. The molecule has 0 radical (unpaired) electrons. The molecule has 2 aromatic carbocycles. The van der Waals surface area contributed by atoms with E-state index in [1.54, 1.807) is 42.7 Å². The minimum absolute atomic E-state index is 0.0137. The van der Waals surface area contributed by atoms with Crippen LogP contribution < -0.4 is 10.0 Å². The SMILES string of the molecule is CC(NC(=O)CSc1nc2cc(S(=O)(=O)Nc3ccccc3Cl)ccc2o1)c1ccco1. The fourth-order valence-corrected chi connectivity index (χ4v) is 4.87. The highest BCUT2D eigenvalue weighted by atomic mass is 35.5. The van der Waals surface area contributed by atoms with Gasteiger partial charge in [-0.15, -0.1) is 0 Å². The number of halogens is 1. The number of rotatable bonds is 8. The van der Waals surface area contributed by atoms with Crippen molar-refractivity contribution < 1.29 is 22.0 Å². The number of furan rings is 1. The lowest BCUT2D eigenvalue weighted by Crippen LogP contribution is -2.27. The van der Waals surface area contributed by atoms with Crippen LogP contribution in [0.2, 0.25) is 5.02 Å². The molecule has 0 bridgehead atoms. The fraction of sp³-hybridized carbons (Fsp3) is 0.143. The molecular weight excluding hydrogens is 474 g/mol. The summed E-state index contributed by atoms with van der Waals surface area (Å²) in [6.07, 6.45) is 1.55. The molecule has 1 unspecified atom stereocenters. The Morgan fingerprint density at radius 2 is 2.00 bits per heavy atom. The number of thioether (sulfide) groups is 1. The molecule has 2 heterocycles. The smallest absolute Gasteiger partial charge is 0.262 e. The normalized spacial score (nSPS) is 12.6. The minimum atomic E-state index is -3.87. The van der Waals surface area contributed by atoms with E-state index in [1.807, 2.05) is 6.92 Å². The van der Waals surface area contributed by atoms with Crippen molar-refractivity contribution in [2.24, 2.45) is 0 Å². The van der Waals surface area contributed by atoms with Gasteiger partial charge in [-0.05, 0) is 49.4 Å². The van der Waals surface area contributed by atoms with E-state index in [9.17, 15) is 13.2 Å². The molecule has 4 rings (SSSR count). The summed E-state index contributed by atoms with van der Waals surface area (Å²) in [5, 5.41) is 3.37. The van der Waals surface area contributed by atoms with Crippen LogP contribution in [-0.4, -0.2) is 25.1 Å². The number of carbonyl (C=O) groups is 1. The van der Waals surface area contributed by atoms with Crippen LogP contribution in [-0.2, 0) is 14.8 Å². The maximum Gasteiger partial charge on any atom is 0.262 e. The van der Waals surface area contributed by atoms with Crippen LogP contribution in [0.1, 0.15) is 18.7 Å². The maximum atomic E-state index is 12.7. The van der Waals surface area contributed by atoms with Crippen molar-refractivity contribution in [1.29, 1.82) is 0 Å². The molecule has 0 fully saturated rings. The lowest BCUT2D eigenvalue weighted by Gasteiger charge is -2.10. The third-order valence-electron chi connectivity index (χ3n) is 4.44. The number of hydrogen-bond acceptors (Lipinski definition) is 7. The topological polar surface area (TPSA) is 114 Å². The Bertz CT molecular complexity index is 1350. The van der Waals surface area contributed by atoms with Gasteiger partial charge in [-0.1, -0.05) is 35.5 Å². The van der Waals surface area contributed by atoms with Crippen molar-refractivity contribution in [1.82, 2.24) is 10.3 Å². The number of nitrogens with one attached hydrogen (secondary N) is 2. The second kappa shape index (κ2) is 9.27. The van der Waals surface area contributed by atoms with Gasteiger partial charge in [0.1, 0.15) is 11.3 Å². The van der Waals surface area contributed by atoms with Crippen molar-refractivity contribution >= 4 is 56.1 Å². The molecule has 1 amide bonds. The van der Waals surface area contributed by atoms with Crippen LogP contribution in [0.25, 0.3) is 11.1 Å². The molecule has 0 aliphatic carbocycles. The molecule has 166 valence electrons. The number of fused-ring (bicyclic) bond motifs is 1. The molecular formula is C21H18ClN3O5S2. The molecule has 2 aromatic heterocycles. The maximum absolute atomic E-state index is 12.7. The molecule has 0 spiro atoms. The summed E-state index contributed by atoms with van der Waals surface area (Å²) < 4.78 is 38.8. The van der Waals surface area contributed by atoms with Gasteiger partial charge in [0.25, 0.3) is 15.2 Å². The largest absolute Gasteiger partial charge is 0.467 e. The van der Waals surface area contributed by atoms with Gasteiger partial charge in [0.2, 0.25) is 5.91 Å². The summed E-state index contributed by atoms with van der Waals surface area (Å²) in [6, 6.07) is 14.2. The van der Waals surface area contributed by atoms with Gasteiger partial charge in [0, 0.05) is 0 Å². The summed E-state index contributed by atoms with van der Waals surface area (Å²) in [7, 11) is -3.87. The first kappa shape index (κ1) is 22.3. The average molecular weight is 492 g/mol. The highest BCUT2D eigenvalue weighted by molar-refractivity contribution is 7.99. The number of nitrogens with zero attached hydrogens (tertiary/aromatic N) is 1. The highest BCUT2D eigenvalue weighted by Crippen LogP contribution is 2.28. The molecule has 11 heteroatoms. The van der Waals surface area contributed by atoms with Crippen LogP contribution in [0.4, 0.5) is 5.69 Å². The number of sulfonamides is 1. The first-order valence-electron chi connectivity index (χ1n) is 9.45. The van der Waals surface area contributed by atoms with Gasteiger partial charge < -0.3 is 14.2 Å². The summed E-state index contributed by atoms with van der Waals surface area (Å²) in [5.41, 5.74) is 1.05. The van der Waals surface area contributed by atoms with Gasteiger partial charge in [0.15, 0.2) is 5.58 Å². The monoisotopic (exact) mass is 491 g/mol. The van der Waals surface area contributed by atoms with Crippen LogP contribution in [0.5, 0.6) is 0 Å². The first-order valence-corrected chi connectivity index (χ1v) is 12.3. The van der Waals surface area contributed by atoms with Gasteiger partial charge in [0.05, 0.1) is 33.7 Å². The molecule has 1 atom stereocenters. The van der Waals surface area contributed by atoms with Crippen molar-refractivity contribution in [2.45, 2.75) is 23.1 Å². The Labute approximate surface area is 193 Å². The van der Waals surface area contributed by atoms with Crippen LogP contribution in [0.3, 0.4) is 0 Å². The number of carbonyl (C=O) groups excluding carboxylic acids is 1. The van der Waals surface area contributed by atoms with E-state index >= 15 is 0 Å². The first-order chi connectivity index (χ1) is 15.3. The fourth-order valence-electron chi connectivity index (χ4n) is 2.88. The van der Waals surface area contributed by atoms with Crippen molar-refractivity contribution in [3.05, 3.63) is 71.6 Å². The number of aromatic nitrogens is 1. The molecule has 32 heavy (non-hydrogen) atoms. The zero-order valence-corrected chi connectivity index (χ0v) is 19.1. The third-order valence-corrected chi connectivity index (χ3v) is 6.96. The lowest BCUT2D eigenvalue weighted by atomic mass is 10.2. The minimum Gasteiger partial charge on any atom is -0.467 e. The molecule has 2 N–H and O–H groups in total. The molecule has 0 saturated heterocycles. The molecule has 4 aromatic rings. The molecule has 0 aliphatic heterocycles. The number of anilines is 1. The number of para-hydroxylation sites is 1. The van der Waals surface area contributed by atoms with Crippen molar-refractivity contribution in [3.8, 4) is 0 Å². The van der Waals surface area contributed by atoms with E-state index in [-0.39, 0.29) is 38.5 Å². The molecule has 0 aliphatic rings. The summed E-state index contributed by atoms with van der Waals surface area (Å²) in [5.74, 6) is 0.523. The lowest BCUT2D eigenvalue weighted by molar-refractivity contribution is -0.119. The van der Waals surface area contributed by atoms with Crippen LogP contribution >= 0.6 is 23.4 Å². The van der Waals surface area contributed by atoms with Gasteiger partial charge in [-0.2, -0.15) is 0 Å². The van der Waals surface area contributed by atoms with E-state index in [0.717, 1.165) is 11.8 Å². The quantitative estimate of drug-likeness (QED) is 0.339. The van der Waals surface area contributed by atoms with E-state index < -0.39 is 10.0 Å². The van der Waals surface area contributed by atoms with Crippen LogP contribution in [0.15, 0.2) is 79.8 Å². The van der Waals surface area contributed by atoms with E-state index in [1.165, 1.54) is 18.2 Å². The zero-order chi connectivity index (χ0) is 22.7. The second-order valence-corrected chi connectivity index (χ2v) is 9.80. The van der Waals surface area contributed by atoms with E-state index in [0.29, 0.717) is 16.9 Å². The zero-order valence-electron chi connectivity index (χ0n) is 16.7. The summed E-state index contributed by atoms with van der Waals surface area (Å²) >= 11 is 7.15. The number of hydrogen-bond donors (Lipinski definition) is 2. The average Bonchev–Trinajstić information content (AvgIpc) is 3.43.